The third-order valence-corrected chi connectivity index (χ3v) is 5.70. The quantitative estimate of drug-likeness (QED) is 0.250. The Hall–Kier alpha value is -1.01. The molecule has 14 heteroatoms. The second-order valence-electron chi connectivity index (χ2n) is 5.59. The molecular weight excluding hydrogens is 583 g/mol. The third-order valence-electron chi connectivity index (χ3n) is 3.52. The number of alkyl halides is 8. The molecule has 2 aromatic carbocycles. The van der Waals surface area contributed by atoms with Crippen molar-refractivity contribution in [3.63, 3.8) is 0 Å². The van der Waals surface area contributed by atoms with Crippen LogP contribution >= 0.6 is 40.1 Å². The van der Waals surface area contributed by atoms with Crippen LogP contribution in [0.3, 0.4) is 0 Å². The third kappa shape index (κ3) is 6.49. The van der Waals surface area contributed by atoms with Crippen molar-refractivity contribution in [2.24, 2.45) is 0 Å². The summed E-state index contributed by atoms with van der Waals surface area (Å²) in [5.74, 6) is 0. The molecule has 2 rings (SSSR count). The summed E-state index contributed by atoms with van der Waals surface area (Å²) >= 11 is 5.31. The van der Waals surface area contributed by atoms with Gasteiger partial charge in [0, 0.05) is 20.1 Å². The minimum atomic E-state index is -4.82. The number of rotatable bonds is 6. The van der Waals surface area contributed by atoms with Crippen molar-refractivity contribution in [1.29, 1.82) is 0 Å². The van der Waals surface area contributed by atoms with Gasteiger partial charge in [0.1, 0.15) is 0 Å². The summed E-state index contributed by atoms with van der Waals surface area (Å²) in [4.78, 5) is 0. The van der Waals surface area contributed by atoms with E-state index in [0.717, 1.165) is 24.3 Å². The standard InChI is InChI=1S/C16H9Br2F8O3P/c17-11-3-1-7(5-9(11)15(21,22)23)13(19)28-30(27)29-14(20)8-2-4-12(18)10(6-8)16(24,25)26/h1-6,13-14,30H. The summed E-state index contributed by atoms with van der Waals surface area (Å²) in [5, 5.41) is 0. The van der Waals surface area contributed by atoms with E-state index in [1.807, 2.05) is 0 Å². The first-order valence-electron chi connectivity index (χ1n) is 7.59. The van der Waals surface area contributed by atoms with Crippen LogP contribution in [0.5, 0.6) is 0 Å². The maximum absolute atomic E-state index is 14.1. The molecule has 166 valence electrons. The lowest BCUT2D eigenvalue weighted by atomic mass is 10.1. The zero-order valence-electron chi connectivity index (χ0n) is 14.1. The minimum absolute atomic E-state index is 0.380. The molecule has 0 N–H and O–H groups in total. The van der Waals surface area contributed by atoms with E-state index in [9.17, 15) is 39.7 Å². The van der Waals surface area contributed by atoms with Gasteiger partial charge in [-0.3, -0.25) is 13.6 Å². The van der Waals surface area contributed by atoms with Crippen LogP contribution < -0.4 is 0 Å². The number of hydrogen-bond acceptors (Lipinski definition) is 3. The van der Waals surface area contributed by atoms with Crippen LogP contribution in [-0.2, 0) is 26.0 Å². The predicted octanol–water partition coefficient (Wildman–Crippen LogP) is 8.31. The predicted molar refractivity (Wildman–Crippen MR) is 97.2 cm³/mol. The highest BCUT2D eigenvalue weighted by molar-refractivity contribution is 9.10. The Morgan fingerprint density at radius 3 is 1.37 bits per heavy atom. The molecule has 2 atom stereocenters. The highest BCUT2D eigenvalue weighted by atomic mass is 79.9. The monoisotopic (exact) mass is 590 g/mol. The van der Waals surface area contributed by atoms with Crippen molar-refractivity contribution in [1.82, 2.24) is 0 Å². The average Bonchev–Trinajstić information content (AvgIpc) is 2.60. The van der Waals surface area contributed by atoms with Crippen molar-refractivity contribution in [2.45, 2.75) is 25.1 Å². The van der Waals surface area contributed by atoms with Gasteiger partial charge < -0.3 is 0 Å². The van der Waals surface area contributed by atoms with Crippen LogP contribution in [0, 0.1) is 0 Å². The van der Waals surface area contributed by atoms with Crippen LogP contribution in [0.15, 0.2) is 45.3 Å². The molecule has 0 aliphatic heterocycles. The second kappa shape index (κ2) is 9.64. The van der Waals surface area contributed by atoms with E-state index in [0.29, 0.717) is 12.1 Å². The molecule has 0 spiro atoms. The first kappa shape index (κ1) is 25.3. The van der Waals surface area contributed by atoms with Crippen molar-refractivity contribution in [3.8, 4) is 0 Å². The lowest BCUT2D eigenvalue weighted by molar-refractivity contribution is -0.139. The zero-order chi connectivity index (χ0) is 22.9. The summed E-state index contributed by atoms with van der Waals surface area (Å²) in [5.41, 5.74) is -3.81. The van der Waals surface area contributed by atoms with Gasteiger partial charge in [0.05, 0.1) is 11.1 Å². The SMILES string of the molecule is O=[PH](OC(F)c1ccc(Br)c(C(F)(F)F)c1)OC(F)c1ccc(Br)c(C(F)(F)F)c1. The second-order valence-corrected chi connectivity index (χ2v) is 8.27. The molecule has 0 radical (unpaired) electrons. The Morgan fingerprint density at radius 2 is 1.07 bits per heavy atom. The molecule has 0 aliphatic rings. The van der Waals surface area contributed by atoms with Gasteiger partial charge in [0.15, 0.2) is 0 Å². The van der Waals surface area contributed by atoms with E-state index < -0.39 is 55.6 Å². The molecule has 30 heavy (non-hydrogen) atoms. The lowest BCUT2D eigenvalue weighted by Crippen LogP contribution is -2.08. The van der Waals surface area contributed by atoms with Crippen LogP contribution in [0.4, 0.5) is 35.1 Å². The van der Waals surface area contributed by atoms with E-state index >= 15 is 0 Å². The van der Waals surface area contributed by atoms with Gasteiger partial charge in [-0.15, -0.1) is 0 Å². The molecule has 0 saturated heterocycles. The summed E-state index contributed by atoms with van der Waals surface area (Å²) in [6.07, 6.45) is -15.0. The summed E-state index contributed by atoms with van der Waals surface area (Å²) in [7, 11) is -3.98. The first-order chi connectivity index (χ1) is 13.7. The molecule has 0 bridgehead atoms. The Labute approximate surface area is 181 Å². The Balaban J connectivity index is 2.11. The molecule has 0 saturated carbocycles. The van der Waals surface area contributed by atoms with Crippen molar-refractivity contribution < 1.29 is 48.7 Å². The van der Waals surface area contributed by atoms with E-state index in [1.165, 1.54) is 0 Å². The Bertz CT molecular complexity index is 862. The van der Waals surface area contributed by atoms with E-state index in [1.54, 1.807) is 0 Å². The lowest BCUT2D eigenvalue weighted by Gasteiger charge is -2.16. The van der Waals surface area contributed by atoms with Gasteiger partial charge in [-0.05, 0) is 24.3 Å². The molecular formula is C16H9Br2F8O3P. The van der Waals surface area contributed by atoms with Gasteiger partial charge in [-0.1, -0.05) is 44.0 Å². The van der Waals surface area contributed by atoms with Crippen molar-refractivity contribution >= 4 is 40.1 Å². The van der Waals surface area contributed by atoms with Crippen molar-refractivity contribution in [2.75, 3.05) is 0 Å². The smallest absolute Gasteiger partial charge is 0.271 e. The average molecular weight is 592 g/mol. The minimum Gasteiger partial charge on any atom is -0.271 e. The van der Waals surface area contributed by atoms with Crippen molar-refractivity contribution in [3.05, 3.63) is 67.6 Å². The molecule has 3 nitrogen and oxygen atoms in total. The topological polar surface area (TPSA) is 35.5 Å². The van der Waals surface area contributed by atoms with E-state index in [2.05, 4.69) is 40.9 Å². The fourth-order valence-electron chi connectivity index (χ4n) is 2.14. The van der Waals surface area contributed by atoms with E-state index in [-0.39, 0.29) is 8.95 Å². The molecule has 2 unspecified atom stereocenters. The largest absolute Gasteiger partial charge is 0.417 e. The molecule has 0 aromatic heterocycles. The Kier molecular flexibility index (Phi) is 8.11. The molecule has 0 fully saturated rings. The summed E-state index contributed by atoms with van der Waals surface area (Å²) < 4.78 is 125. The summed E-state index contributed by atoms with van der Waals surface area (Å²) in [6, 6.07) is 4.34. The fourth-order valence-corrected chi connectivity index (χ4v) is 3.74. The number of hydrogen-bond donors (Lipinski definition) is 0. The normalized spacial score (nSPS) is 15.7. The first-order valence-corrected chi connectivity index (χ1v) is 10.4. The van der Waals surface area contributed by atoms with Gasteiger partial charge >= 0.3 is 20.6 Å². The highest BCUT2D eigenvalue weighted by Gasteiger charge is 2.35. The number of benzene rings is 2. The highest BCUT2D eigenvalue weighted by Crippen LogP contribution is 2.43. The zero-order valence-corrected chi connectivity index (χ0v) is 18.3. The Morgan fingerprint density at radius 1 is 0.733 bits per heavy atom. The van der Waals surface area contributed by atoms with E-state index in [4.69, 9.17) is 0 Å². The van der Waals surface area contributed by atoms with Gasteiger partial charge in [0.2, 0.25) is 12.7 Å². The van der Waals surface area contributed by atoms with Crippen LogP contribution in [0.2, 0.25) is 0 Å². The molecule has 2 aromatic rings. The maximum atomic E-state index is 14.1. The fraction of sp³-hybridized carbons (Fsp3) is 0.250. The van der Waals surface area contributed by atoms with Crippen LogP contribution in [0.25, 0.3) is 0 Å². The van der Waals surface area contributed by atoms with Crippen LogP contribution in [0.1, 0.15) is 35.0 Å². The van der Waals surface area contributed by atoms with Gasteiger partial charge in [0.25, 0.3) is 0 Å². The molecule has 0 aliphatic carbocycles. The number of halogens is 10. The van der Waals surface area contributed by atoms with Gasteiger partial charge in [-0.25, -0.2) is 8.78 Å². The summed E-state index contributed by atoms with van der Waals surface area (Å²) in [6.45, 7) is 0. The molecule has 0 heterocycles. The molecule has 0 amide bonds. The van der Waals surface area contributed by atoms with Gasteiger partial charge in [-0.2, -0.15) is 26.3 Å². The maximum Gasteiger partial charge on any atom is 0.417 e. The van der Waals surface area contributed by atoms with Crippen LogP contribution in [-0.4, -0.2) is 0 Å².